The minimum atomic E-state index is -0.671. The highest BCUT2D eigenvalue weighted by atomic mass is 32.2. The molecule has 2 heterocycles. The van der Waals surface area contributed by atoms with Crippen LogP contribution in [0, 0.1) is 6.92 Å². The van der Waals surface area contributed by atoms with E-state index in [2.05, 4.69) is 15.5 Å². The number of thioether (sulfide) groups is 1. The molecule has 2 aromatic heterocycles. The molecule has 0 aliphatic carbocycles. The summed E-state index contributed by atoms with van der Waals surface area (Å²) in [7, 11) is 3.94. The lowest BCUT2D eigenvalue weighted by Crippen LogP contribution is -2.17. The second kappa shape index (κ2) is 11.4. The number of amides is 2. The van der Waals surface area contributed by atoms with Gasteiger partial charge in [0, 0.05) is 31.9 Å². The molecule has 3 N–H and O–H groups in total. The van der Waals surface area contributed by atoms with E-state index in [0.717, 1.165) is 22.6 Å². The van der Waals surface area contributed by atoms with Gasteiger partial charge < -0.3 is 25.3 Å². The Morgan fingerprint density at radius 3 is 2.60 bits per heavy atom. The smallest absolute Gasteiger partial charge is 0.341 e. The van der Waals surface area contributed by atoms with Crippen molar-refractivity contribution in [2.75, 3.05) is 36.7 Å². The van der Waals surface area contributed by atoms with Crippen molar-refractivity contribution in [1.82, 2.24) is 14.8 Å². The Labute approximate surface area is 211 Å². The minimum Gasteiger partial charge on any atom is -0.462 e. The molecule has 2 amide bonds. The van der Waals surface area contributed by atoms with Gasteiger partial charge in [-0.25, -0.2) is 4.79 Å². The molecule has 0 saturated carbocycles. The van der Waals surface area contributed by atoms with Gasteiger partial charge in [-0.15, -0.1) is 21.5 Å². The monoisotopic (exact) mass is 516 g/mol. The standard InChI is InChI=1S/C23H28N6O4S2/c1-6-29-20(14-9-8-10-15(11-14)28(4)5)26-27-23(29)34-12-16(30)25-21-17(22(32)33-7-2)13(3)18(35-21)19(24)31/h8-11H,6-7,12H2,1-5H3,(H2,24,31)(H,25,30). The first-order chi connectivity index (χ1) is 16.7. The zero-order valence-electron chi connectivity index (χ0n) is 20.2. The SMILES string of the molecule is CCOC(=O)c1c(NC(=O)CSc2nnc(-c3cccc(N(C)C)c3)n2CC)sc(C(N)=O)c1C. The highest BCUT2D eigenvalue weighted by Gasteiger charge is 2.26. The normalized spacial score (nSPS) is 10.8. The Bertz CT molecular complexity index is 1250. The number of thiophene rings is 1. The number of carbonyl (C=O) groups is 3. The molecule has 3 rings (SSSR count). The summed E-state index contributed by atoms with van der Waals surface area (Å²) in [5, 5.41) is 12.2. The number of ether oxygens (including phenoxy) is 1. The van der Waals surface area contributed by atoms with Gasteiger partial charge in [0.1, 0.15) is 5.00 Å². The lowest BCUT2D eigenvalue weighted by Gasteiger charge is -2.14. The molecule has 1 aromatic carbocycles. The summed E-state index contributed by atoms with van der Waals surface area (Å²) < 4.78 is 7.03. The topological polar surface area (TPSA) is 132 Å². The van der Waals surface area contributed by atoms with E-state index in [0.29, 0.717) is 23.1 Å². The molecule has 186 valence electrons. The van der Waals surface area contributed by atoms with Crippen LogP contribution < -0.4 is 16.0 Å². The molecule has 0 aliphatic heterocycles. The van der Waals surface area contributed by atoms with Crippen molar-refractivity contribution in [2.45, 2.75) is 32.5 Å². The van der Waals surface area contributed by atoms with Crippen LogP contribution in [0.25, 0.3) is 11.4 Å². The quantitative estimate of drug-likeness (QED) is 0.309. The van der Waals surface area contributed by atoms with Gasteiger partial charge in [0.2, 0.25) is 5.91 Å². The van der Waals surface area contributed by atoms with Crippen LogP contribution in [0.5, 0.6) is 0 Å². The van der Waals surface area contributed by atoms with Crippen LogP contribution in [-0.2, 0) is 16.1 Å². The number of nitrogens with one attached hydrogen (secondary N) is 1. The summed E-state index contributed by atoms with van der Waals surface area (Å²) in [5.74, 6) is -0.911. The summed E-state index contributed by atoms with van der Waals surface area (Å²) in [5.41, 5.74) is 7.92. The average Bonchev–Trinajstić information content (AvgIpc) is 3.38. The summed E-state index contributed by atoms with van der Waals surface area (Å²) in [6.45, 7) is 6.05. The van der Waals surface area contributed by atoms with E-state index in [1.165, 1.54) is 11.8 Å². The van der Waals surface area contributed by atoms with Gasteiger partial charge >= 0.3 is 5.97 Å². The summed E-state index contributed by atoms with van der Waals surface area (Å²) in [6, 6.07) is 7.97. The molecule has 0 bridgehead atoms. The van der Waals surface area contributed by atoms with Crippen molar-refractivity contribution in [3.8, 4) is 11.4 Å². The zero-order valence-corrected chi connectivity index (χ0v) is 21.9. The van der Waals surface area contributed by atoms with Crippen LogP contribution in [0.1, 0.15) is 39.4 Å². The van der Waals surface area contributed by atoms with E-state index < -0.39 is 11.9 Å². The molecular weight excluding hydrogens is 488 g/mol. The molecule has 35 heavy (non-hydrogen) atoms. The third kappa shape index (κ3) is 5.82. The van der Waals surface area contributed by atoms with Crippen LogP contribution in [-0.4, -0.2) is 59.0 Å². The second-order valence-corrected chi connectivity index (χ2v) is 9.64. The number of aromatic nitrogens is 3. The Morgan fingerprint density at radius 1 is 1.23 bits per heavy atom. The van der Waals surface area contributed by atoms with Crippen molar-refractivity contribution >= 4 is 51.6 Å². The van der Waals surface area contributed by atoms with E-state index >= 15 is 0 Å². The largest absolute Gasteiger partial charge is 0.462 e. The predicted octanol–water partition coefficient (Wildman–Crippen LogP) is 3.41. The Hall–Kier alpha value is -3.38. The number of hydrogen-bond acceptors (Lipinski definition) is 9. The lowest BCUT2D eigenvalue weighted by molar-refractivity contribution is -0.113. The Morgan fingerprint density at radius 2 is 1.97 bits per heavy atom. The van der Waals surface area contributed by atoms with Crippen LogP contribution in [0.4, 0.5) is 10.7 Å². The Kier molecular flexibility index (Phi) is 8.52. The summed E-state index contributed by atoms with van der Waals surface area (Å²) in [4.78, 5) is 39.1. The number of hydrogen-bond donors (Lipinski definition) is 2. The highest BCUT2D eigenvalue weighted by Crippen LogP contribution is 2.34. The molecule has 0 atom stereocenters. The number of carbonyl (C=O) groups excluding carboxylic acids is 3. The number of primary amides is 1. The van der Waals surface area contributed by atoms with Crippen molar-refractivity contribution in [2.24, 2.45) is 5.73 Å². The first-order valence-corrected chi connectivity index (χ1v) is 12.7. The van der Waals surface area contributed by atoms with Crippen molar-refractivity contribution in [1.29, 1.82) is 0 Å². The van der Waals surface area contributed by atoms with E-state index in [4.69, 9.17) is 10.5 Å². The van der Waals surface area contributed by atoms with E-state index in [-0.39, 0.29) is 33.7 Å². The zero-order chi connectivity index (χ0) is 25.7. The van der Waals surface area contributed by atoms with Gasteiger partial charge in [-0.2, -0.15) is 0 Å². The molecule has 0 spiro atoms. The molecule has 12 heteroatoms. The number of rotatable bonds is 10. The van der Waals surface area contributed by atoms with Gasteiger partial charge in [0.05, 0.1) is 22.8 Å². The van der Waals surface area contributed by atoms with Crippen LogP contribution >= 0.6 is 23.1 Å². The van der Waals surface area contributed by atoms with Crippen molar-refractivity contribution in [3.05, 3.63) is 40.3 Å². The van der Waals surface area contributed by atoms with E-state index in [9.17, 15) is 14.4 Å². The third-order valence-corrected chi connectivity index (χ3v) is 7.28. The summed E-state index contributed by atoms with van der Waals surface area (Å²) >= 11 is 2.19. The number of nitrogens with two attached hydrogens (primary N) is 1. The van der Waals surface area contributed by atoms with Gasteiger partial charge in [-0.3, -0.25) is 9.59 Å². The minimum absolute atomic E-state index is 0.0288. The fraction of sp³-hybridized carbons (Fsp3) is 0.348. The molecule has 0 unspecified atom stereocenters. The number of anilines is 2. The Balaban J connectivity index is 1.78. The van der Waals surface area contributed by atoms with Gasteiger partial charge in [0.25, 0.3) is 5.91 Å². The average molecular weight is 517 g/mol. The number of nitrogens with zero attached hydrogens (tertiary/aromatic N) is 4. The summed E-state index contributed by atoms with van der Waals surface area (Å²) in [6.07, 6.45) is 0. The van der Waals surface area contributed by atoms with Gasteiger partial charge in [0.15, 0.2) is 11.0 Å². The van der Waals surface area contributed by atoms with Crippen LogP contribution in [0.3, 0.4) is 0 Å². The molecule has 3 aromatic rings. The molecular formula is C23H28N6O4S2. The fourth-order valence-electron chi connectivity index (χ4n) is 3.40. The van der Waals surface area contributed by atoms with Crippen molar-refractivity contribution in [3.63, 3.8) is 0 Å². The maximum Gasteiger partial charge on any atom is 0.341 e. The molecule has 10 nitrogen and oxygen atoms in total. The van der Waals surface area contributed by atoms with Gasteiger partial charge in [-0.1, -0.05) is 23.9 Å². The number of benzene rings is 1. The van der Waals surface area contributed by atoms with Crippen molar-refractivity contribution < 1.29 is 19.1 Å². The fourth-order valence-corrected chi connectivity index (χ4v) is 5.26. The van der Waals surface area contributed by atoms with E-state index in [1.807, 2.05) is 54.8 Å². The van der Waals surface area contributed by atoms with Gasteiger partial charge in [-0.05, 0) is 38.5 Å². The lowest BCUT2D eigenvalue weighted by atomic mass is 10.1. The molecule has 0 radical (unpaired) electrons. The van der Waals surface area contributed by atoms with Crippen LogP contribution in [0.2, 0.25) is 0 Å². The predicted molar refractivity (Wildman–Crippen MR) is 138 cm³/mol. The first-order valence-electron chi connectivity index (χ1n) is 10.9. The molecule has 0 saturated heterocycles. The third-order valence-electron chi connectivity index (χ3n) is 5.09. The highest BCUT2D eigenvalue weighted by molar-refractivity contribution is 7.99. The molecule has 0 fully saturated rings. The first kappa shape index (κ1) is 26.2. The molecule has 0 aliphatic rings. The maximum atomic E-state index is 12.7. The number of esters is 1. The van der Waals surface area contributed by atoms with Crippen LogP contribution in [0.15, 0.2) is 29.4 Å². The maximum absolute atomic E-state index is 12.7. The van der Waals surface area contributed by atoms with E-state index in [1.54, 1.807) is 13.8 Å². The second-order valence-electron chi connectivity index (χ2n) is 7.68.